The minimum absolute atomic E-state index is 0.0824. The molecule has 0 saturated carbocycles. The fourth-order valence-electron chi connectivity index (χ4n) is 2.34. The van der Waals surface area contributed by atoms with E-state index in [2.05, 4.69) is 4.98 Å². The Bertz CT molecular complexity index is 599. The molecule has 1 atom stereocenters. The van der Waals surface area contributed by atoms with E-state index in [-0.39, 0.29) is 11.2 Å². The first-order valence-electron chi connectivity index (χ1n) is 6.97. The van der Waals surface area contributed by atoms with Crippen molar-refractivity contribution in [3.05, 3.63) is 40.7 Å². The van der Waals surface area contributed by atoms with Crippen molar-refractivity contribution in [2.75, 3.05) is 7.11 Å². The maximum Gasteiger partial charge on any atom is 0.168 e. The van der Waals surface area contributed by atoms with Crippen molar-refractivity contribution in [3.8, 4) is 11.3 Å². The number of ether oxygens (including phenoxy) is 1. The average molecular weight is 303 g/mol. The lowest BCUT2D eigenvalue weighted by Gasteiger charge is -2.27. The van der Waals surface area contributed by atoms with E-state index in [1.165, 1.54) is 11.3 Å². The first-order chi connectivity index (χ1) is 9.91. The van der Waals surface area contributed by atoms with Gasteiger partial charge in [-0.2, -0.15) is 0 Å². The summed E-state index contributed by atoms with van der Waals surface area (Å²) in [6.45, 7) is 6.03. The van der Waals surface area contributed by atoms with Gasteiger partial charge in [0.1, 0.15) is 11.1 Å². The molecule has 1 heterocycles. The highest BCUT2D eigenvalue weighted by molar-refractivity contribution is 7.10. The third-order valence-corrected chi connectivity index (χ3v) is 4.11. The van der Waals surface area contributed by atoms with Gasteiger partial charge in [0, 0.05) is 18.1 Å². The van der Waals surface area contributed by atoms with Crippen molar-refractivity contribution in [2.24, 2.45) is 5.41 Å². The van der Waals surface area contributed by atoms with E-state index in [9.17, 15) is 4.79 Å². The van der Waals surface area contributed by atoms with Gasteiger partial charge in [0.25, 0.3) is 0 Å². The van der Waals surface area contributed by atoms with Crippen LogP contribution in [-0.2, 0) is 16.0 Å². The van der Waals surface area contributed by atoms with Crippen LogP contribution in [0.5, 0.6) is 0 Å². The Hall–Kier alpha value is -1.52. The van der Waals surface area contributed by atoms with Gasteiger partial charge in [-0.25, -0.2) is 4.98 Å². The Morgan fingerprint density at radius 2 is 1.95 bits per heavy atom. The molecular weight excluding hydrogens is 282 g/mol. The van der Waals surface area contributed by atoms with Crippen LogP contribution in [-0.4, -0.2) is 24.0 Å². The Morgan fingerprint density at radius 3 is 2.52 bits per heavy atom. The van der Waals surface area contributed by atoms with Crippen LogP contribution in [0.3, 0.4) is 0 Å². The minimum Gasteiger partial charge on any atom is -0.373 e. The zero-order chi connectivity index (χ0) is 15.5. The van der Waals surface area contributed by atoms with Crippen LogP contribution in [0.2, 0.25) is 0 Å². The average Bonchev–Trinajstić information content (AvgIpc) is 2.87. The highest BCUT2D eigenvalue weighted by atomic mass is 32.1. The highest BCUT2D eigenvalue weighted by Gasteiger charge is 2.31. The fourth-order valence-corrected chi connectivity index (χ4v) is 3.16. The molecule has 1 aromatic carbocycles. The van der Waals surface area contributed by atoms with Crippen molar-refractivity contribution < 1.29 is 9.53 Å². The van der Waals surface area contributed by atoms with E-state index in [0.717, 1.165) is 16.3 Å². The van der Waals surface area contributed by atoms with Gasteiger partial charge in [-0.1, -0.05) is 51.1 Å². The van der Waals surface area contributed by atoms with Crippen LogP contribution in [0.1, 0.15) is 25.8 Å². The molecule has 0 aliphatic heterocycles. The topological polar surface area (TPSA) is 39.2 Å². The van der Waals surface area contributed by atoms with Gasteiger partial charge >= 0.3 is 0 Å². The predicted octanol–water partition coefficient (Wildman–Crippen LogP) is 3.98. The molecule has 0 aliphatic rings. The first kappa shape index (κ1) is 15.9. The van der Waals surface area contributed by atoms with Gasteiger partial charge in [-0.05, 0) is 5.41 Å². The summed E-state index contributed by atoms with van der Waals surface area (Å²) in [7, 11) is 1.59. The second-order valence-electron chi connectivity index (χ2n) is 6.12. The van der Waals surface area contributed by atoms with E-state index in [0.29, 0.717) is 6.42 Å². The van der Waals surface area contributed by atoms with Crippen LogP contribution >= 0.6 is 11.3 Å². The molecule has 1 unspecified atom stereocenters. The molecule has 0 saturated heterocycles. The predicted molar refractivity (Wildman–Crippen MR) is 86.5 cm³/mol. The maximum absolute atomic E-state index is 12.4. The number of Topliss-reactive ketones (excluding diaryl/α,β-unsaturated/α-hetero) is 1. The van der Waals surface area contributed by atoms with Crippen LogP contribution in [0, 0.1) is 5.41 Å². The second kappa shape index (κ2) is 6.50. The number of aromatic nitrogens is 1. The molecule has 2 aromatic rings. The summed E-state index contributed by atoms with van der Waals surface area (Å²) >= 11 is 1.52. The summed E-state index contributed by atoms with van der Waals surface area (Å²) in [4.78, 5) is 16.9. The summed E-state index contributed by atoms with van der Waals surface area (Å²) in [5.41, 5.74) is 1.80. The lowest BCUT2D eigenvalue weighted by Crippen LogP contribution is -2.37. The largest absolute Gasteiger partial charge is 0.373 e. The molecular formula is C17H21NO2S. The molecule has 0 radical (unpaired) electrons. The number of benzene rings is 1. The van der Waals surface area contributed by atoms with Gasteiger partial charge in [0.15, 0.2) is 5.78 Å². The van der Waals surface area contributed by atoms with Gasteiger partial charge in [-0.15, -0.1) is 11.3 Å². The fraction of sp³-hybridized carbons (Fsp3) is 0.412. The van der Waals surface area contributed by atoms with Crippen LogP contribution in [0.15, 0.2) is 35.7 Å². The van der Waals surface area contributed by atoms with Crippen LogP contribution in [0.4, 0.5) is 0 Å². The third-order valence-electron chi connectivity index (χ3n) is 3.26. The number of carbonyl (C=O) groups is 1. The van der Waals surface area contributed by atoms with Crippen LogP contribution < -0.4 is 0 Å². The smallest absolute Gasteiger partial charge is 0.168 e. The van der Waals surface area contributed by atoms with Gasteiger partial charge in [-0.3, -0.25) is 4.79 Å². The maximum atomic E-state index is 12.4. The SMILES string of the molecule is COC(C(=O)Cc1nc(-c2ccccc2)cs1)C(C)(C)C. The number of ketones is 1. The number of methoxy groups -OCH3 is 1. The van der Waals surface area contributed by atoms with Crippen molar-refractivity contribution in [1.29, 1.82) is 0 Å². The monoisotopic (exact) mass is 303 g/mol. The molecule has 0 amide bonds. The van der Waals surface area contributed by atoms with Gasteiger partial charge in [0.05, 0.1) is 12.1 Å². The summed E-state index contributed by atoms with van der Waals surface area (Å²) in [5.74, 6) is 0.0824. The molecule has 112 valence electrons. The standard InChI is InChI=1S/C17H21NO2S/c1-17(2,3)16(20-4)14(19)10-15-18-13(11-21-15)12-8-6-5-7-9-12/h5-9,11,16H,10H2,1-4H3. The molecule has 4 heteroatoms. The molecule has 0 aliphatic carbocycles. The van der Waals surface area contributed by atoms with Crippen molar-refractivity contribution in [3.63, 3.8) is 0 Å². The van der Waals surface area contributed by atoms with E-state index < -0.39 is 6.10 Å². The van der Waals surface area contributed by atoms with Gasteiger partial charge in [0.2, 0.25) is 0 Å². The quantitative estimate of drug-likeness (QED) is 0.838. The Morgan fingerprint density at radius 1 is 1.29 bits per heavy atom. The van der Waals surface area contributed by atoms with E-state index >= 15 is 0 Å². The highest BCUT2D eigenvalue weighted by Crippen LogP contribution is 2.26. The number of thiazole rings is 1. The van der Waals surface area contributed by atoms with E-state index in [4.69, 9.17) is 4.74 Å². The summed E-state index contributed by atoms with van der Waals surface area (Å²) in [5, 5.41) is 2.83. The van der Waals surface area contributed by atoms with E-state index in [1.807, 2.05) is 56.5 Å². The molecule has 3 nitrogen and oxygen atoms in total. The normalized spacial score (nSPS) is 13.1. The number of rotatable bonds is 5. The van der Waals surface area contributed by atoms with Crippen LogP contribution in [0.25, 0.3) is 11.3 Å². The number of hydrogen-bond donors (Lipinski definition) is 0. The second-order valence-corrected chi connectivity index (χ2v) is 7.06. The first-order valence-corrected chi connectivity index (χ1v) is 7.85. The number of nitrogens with zero attached hydrogens (tertiary/aromatic N) is 1. The molecule has 1 aromatic heterocycles. The lowest BCUT2D eigenvalue weighted by atomic mass is 9.85. The minimum atomic E-state index is -0.401. The molecule has 0 fully saturated rings. The van der Waals surface area contributed by atoms with Crippen molar-refractivity contribution in [1.82, 2.24) is 4.98 Å². The molecule has 0 spiro atoms. The lowest BCUT2D eigenvalue weighted by molar-refractivity contribution is -0.134. The van der Waals surface area contributed by atoms with Crippen molar-refractivity contribution in [2.45, 2.75) is 33.3 Å². The summed E-state index contributed by atoms with van der Waals surface area (Å²) in [6.07, 6.45) is -0.0747. The molecule has 2 rings (SSSR count). The zero-order valence-electron chi connectivity index (χ0n) is 12.9. The third kappa shape index (κ3) is 3.99. The Balaban J connectivity index is 2.11. The Labute approximate surface area is 130 Å². The molecule has 21 heavy (non-hydrogen) atoms. The van der Waals surface area contributed by atoms with Crippen molar-refractivity contribution >= 4 is 17.1 Å². The van der Waals surface area contributed by atoms with E-state index in [1.54, 1.807) is 7.11 Å². The van der Waals surface area contributed by atoms with Gasteiger partial charge < -0.3 is 4.74 Å². The number of carbonyl (C=O) groups excluding carboxylic acids is 1. The Kier molecular flexibility index (Phi) is 4.91. The number of hydrogen-bond acceptors (Lipinski definition) is 4. The molecule has 0 N–H and O–H groups in total. The zero-order valence-corrected chi connectivity index (χ0v) is 13.7. The summed E-state index contributed by atoms with van der Waals surface area (Å²) in [6, 6.07) is 9.99. The molecule has 0 bridgehead atoms. The summed E-state index contributed by atoms with van der Waals surface area (Å²) < 4.78 is 5.37.